The van der Waals surface area contributed by atoms with Gasteiger partial charge in [0.1, 0.15) is 0 Å². The number of hydrogen-bond acceptors (Lipinski definition) is 3. The lowest BCUT2D eigenvalue weighted by Crippen LogP contribution is -2.40. The van der Waals surface area contributed by atoms with Crippen LogP contribution in [0.4, 0.5) is 0 Å². The van der Waals surface area contributed by atoms with Crippen LogP contribution in [-0.2, 0) is 9.47 Å². The fourth-order valence-corrected chi connectivity index (χ4v) is 1.02. The van der Waals surface area contributed by atoms with E-state index in [1.165, 1.54) is 0 Å². The quantitative estimate of drug-likeness (QED) is 0.586. The predicted octanol–water partition coefficient (Wildman–Crippen LogP) is 1.43. The Balaban J connectivity index is 3.39. The van der Waals surface area contributed by atoms with E-state index in [-0.39, 0.29) is 5.54 Å². The van der Waals surface area contributed by atoms with Crippen molar-refractivity contribution >= 4 is 0 Å². The summed E-state index contributed by atoms with van der Waals surface area (Å²) < 4.78 is 10.3. The van der Waals surface area contributed by atoms with Gasteiger partial charge in [0, 0.05) is 19.3 Å². The SMILES string of the molecule is CCC(C)(CCOCCOC)NC. The van der Waals surface area contributed by atoms with E-state index in [1.54, 1.807) is 7.11 Å². The van der Waals surface area contributed by atoms with E-state index in [9.17, 15) is 0 Å². The van der Waals surface area contributed by atoms with Gasteiger partial charge in [-0.3, -0.25) is 0 Å². The summed E-state index contributed by atoms with van der Waals surface area (Å²) in [4.78, 5) is 0. The average Bonchev–Trinajstić information content (AvgIpc) is 2.17. The molecule has 1 N–H and O–H groups in total. The highest BCUT2D eigenvalue weighted by molar-refractivity contribution is 4.78. The number of methoxy groups -OCH3 is 1. The molecule has 0 aromatic rings. The van der Waals surface area contributed by atoms with Crippen LogP contribution in [0.5, 0.6) is 0 Å². The molecular weight excluding hydrogens is 166 g/mol. The first kappa shape index (κ1) is 12.9. The third-order valence-corrected chi connectivity index (χ3v) is 2.61. The zero-order chi connectivity index (χ0) is 10.2. The van der Waals surface area contributed by atoms with E-state index in [0.717, 1.165) is 19.4 Å². The largest absolute Gasteiger partial charge is 0.382 e. The average molecular weight is 189 g/mol. The van der Waals surface area contributed by atoms with E-state index < -0.39 is 0 Å². The van der Waals surface area contributed by atoms with Crippen molar-refractivity contribution in [2.75, 3.05) is 34.0 Å². The van der Waals surface area contributed by atoms with E-state index in [2.05, 4.69) is 19.2 Å². The van der Waals surface area contributed by atoms with Crippen molar-refractivity contribution in [2.45, 2.75) is 32.2 Å². The van der Waals surface area contributed by atoms with Crippen molar-refractivity contribution in [3.8, 4) is 0 Å². The summed E-state index contributed by atoms with van der Waals surface area (Å²) in [6, 6.07) is 0. The highest BCUT2D eigenvalue weighted by Gasteiger charge is 2.18. The van der Waals surface area contributed by atoms with Crippen molar-refractivity contribution in [1.82, 2.24) is 5.32 Å². The van der Waals surface area contributed by atoms with Crippen LogP contribution in [0.15, 0.2) is 0 Å². The van der Waals surface area contributed by atoms with Crippen molar-refractivity contribution in [1.29, 1.82) is 0 Å². The minimum atomic E-state index is 0.215. The van der Waals surface area contributed by atoms with Crippen molar-refractivity contribution in [3.05, 3.63) is 0 Å². The summed E-state index contributed by atoms with van der Waals surface area (Å²) in [5.74, 6) is 0. The van der Waals surface area contributed by atoms with Gasteiger partial charge in [-0.15, -0.1) is 0 Å². The van der Waals surface area contributed by atoms with E-state index in [1.807, 2.05) is 7.05 Å². The first-order chi connectivity index (χ1) is 6.18. The highest BCUT2D eigenvalue weighted by atomic mass is 16.5. The maximum absolute atomic E-state index is 5.41. The van der Waals surface area contributed by atoms with E-state index in [0.29, 0.717) is 13.2 Å². The maximum Gasteiger partial charge on any atom is 0.0700 e. The first-order valence-corrected chi connectivity index (χ1v) is 4.94. The summed E-state index contributed by atoms with van der Waals surface area (Å²) in [5, 5.41) is 3.31. The number of rotatable bonds is 8. The molecular formula is C10H23NO2. The Kier molecular flexibility index (Phi) is 7.23. The summed E-state index contributed by atoms with van der Waals surface area (Å²) in [6.45, 7) is 6.58. The molecule has 0 radical (unpaired) electrons. The van der Waals surface area contributed by atoms with Crippen molar-refractivity contribution < 1.29 is 9.47 Å². The van der Waals surface area contributed by atoms with Gasteiger partial charge in [0.05, 0.1) is 13.2 Å². The minimum absolute atomic E-state index is 0.215. The lowest BCUT2D eigenvalue weighted by atomic mass is 9.95. The Morgan fingerprint density at radius 2 is 1.92 bits per heavy atom. The van der Waals surface area contributed by atoms with Crippen molar-refractivity contribution in [3.63, 3.8) is 0 Å². The van der Waals surface area contributed by atoms with Crippen LogP contribution in [0.3, 0.4) is 0 Å². The molecule has 0 spiro atoms. The Hall–Kier alpha value is -0.120. The molecule has 0 fully saturated rings. The smallest absolute Gasteiger partial charge is 0.0700 e. The molecule has 0 aromatic carbocycles. The standard InChI is InChI=1S/C10H23NO2/c1-5-10(2,11-3)6-7-13-9-8-12-4/h11H,5-9H2,1-4H3. The molecule has 80 valence electrons. The van der Waals surface area contributed by atoms with E-state index >= 15 is 0 Å². The molecule has 0 heterocycles. The monoisotopic (exact) mass is 189 g/mol. The molecule has 1 unspecified atom stereocenters. The van der Waals surface area contributed by atoms with Gasteiger partial charge in [0.15, 0.2) is 0 Å². The van der Waals surface area contributed by atoms with Gasteiger partial charge in [0.25, 0.3) is 0 Å². The zero-order valence-corrected chi connectivity index (χ0v) is 9.35. The van der Waals surface area contributed by atoms with Gasteiger partial charge >= 0.3 is 0 Å². The Morgan fingerprint density at radius 1 is 1.23 bits per heavy atom. The Morgan fingerprint density at radius 3 is 2.38 bits per heavy atom. The van der Waals surface area contributed by atoms with Gasteiger partial charge in [-0.25, -0.2) is 0 Å². The third-order valence-electron chi connectivity index (χ3n) is 2.61. The van der Waals surface area contributed by atoms with Crippen LogP contribution in [0.1, 0.15) is 26.7 Å². The van der Waals surface area contributed by atoms with Crippen LogP contribution < -0.4 is 5.32 Å². The summed E-state index contributed by atoms with van der Waals surface area (Å²) in [7, 11) is 3.69. The minimum Gasteiger partial charge on any atom is -0.382 e. The molecule has 0 aliphatic rings. The normalized spacial score (nSPS) is 15.7. The Bertz CT molecular complexity index is 113. The molecule has 0 aliphatic carbocycles. The molecule has 0 bridgehead atoms. The highest BCUT2D eigenvalue weighted by Crippen LogP contribution is 2.12. The van der Waals surface area contributed by atoms with Gasteiger partial charge < -0.3 is 14.8 Å². The first-order valence-electron chi connectivity index (χ1n) is 4.94. The molecule has 13 heavy (non-hydrogen) atoms. The third kappa shape index (κ3) is 6.02. The van der Waals surface area contributed by atoms with Crippen LogP contribution >= 0.6 is 0 Å². The topological polar surface area (TPSA) is 30.5 Å². The molecule has 0 aliphatic heterocycles. The molecule has 1 atom stereocenters. The molecule has 3 nitrogen and oxygen atoms in total. The molecule has 0 saturated carbocycles. The van der Waals surface area contributed by atoms with Gasteiger partial charge in [-0.05, 0) is 26.8 Å². The van der Waals surface area contributed by atoms with Crippen LogP contribution in [0, 0.1) is 0 Å². The number of ether oxygens (including phenoxy) is 2. The second-order valence-corrected chi connectivity index (χ2v) is 3.52. The fourth-order valence-electron chi connectivity index (χ4n) is 1.02. The second-order valence-electron chi connectivity index (χ2n) is 3.52. The molecule has 3 heteroatoms. The van der Waals surface area contributed by atoms with Gasteiger partial charge in [-0.1, -0.05) is 6.92 Å². The zero-order valence-electron chi connectivity index (χ0n) is 9.35. The second kappa shape index (κ2) is 7.30. The molecule has 0 aromatic heterocycles. The van der Waals surface area contributed by atoms with Crippen LogP contribution in [-0.4, -0.2) is 39.5 Å². The summed E-state index contributed by atoms with van der Waals surface area (Å²) >= 11 is 0. The lowest BCUT2D eigenvalue weighted by molar-refractivity contribution is 0.0594. The van der Waals surface area contributed by atoms with Crippen LogP contribution in [0.25, 0.3) is 0 Å². The summed E-state index contributed by atoms with van der Waals surface area (Å²) in [6.07, 6.45) is 2.17. The Labute approximate surface area is 81.8 Å². The molecule has 0 amide bonds. The van der Waals surface area contributed by atoms with Crippen molar-refractivity contribution in [2.24, 2.45) is 0 Å². The fraction of sp³-hybridized carbons (Fsp3) is 1.00. The predicted molar refractivity (Wildman–Crippen MR) is 55.1 cm³/mol. The van der Waals surface area contributed by atoms with Crippen LogP contribution in [0.2, 0.25) is 0 Å². The molecule has 0 rings (SSSR count). The van der Waals surface area contributed by atoms with E-state index in [4.69, 9.17) is 9.47 Å². The number of hydrogen-bond donors (Lipinski definition) is 1. The number of nitrogens with one attached hydrogen (secondary N) is 1. The lowest BCUT2D eigenvalue weighted by Gasteiger charge is -2.27. The van der Waals surface area contributed by atoms with Gasteiger partial charge in [-0.2, -0.15) is 0 Å². The van der Waals surface area contributed by atoms with Gasteiger partial charge in [0.2, 0.25) is 0 Å². The maximum atomic E-state index is 5.41. The summed E-state index contributed by atoms with van der Waals surface area (Å²) in [5.41, 5.74) is 0.215. The molecule has 0 saturated heterocycles.